The Morgan fingerprint density at radius 2 is 2.11 bits per heavy atom. The summed E-state index contributed by atoms with van der Waals surface area (Å²) in [4.78, 5) is 3.99. The van der Waals surface area contributed by atoms with Crippen LogP contribution in [-0.2, 0) is 6.42 Å². The molecule has 2 rings (SSSR count). The normalized spacial score (nSPS) is 12.2. The number of rotatable bonds is 4. The van der Waals surface area contributed by atoms with Crippen molar-refractivity contribution in [2.45, 2.75) is 12.5 Å². The standard InChI is InChI=1S/C14H16FN3O/c1-19-12-6-2-5-10(15)13(12)11(16)8-9-4-3-7-18-14(9)17/h2-7,11H,8,16H2,1H3,(H2,17,18). The SMILES string of the molecule is COc1cccc(F)c1C(N)Cc1cccnc1N. The molecule has 0 aliphatic heterocycles. The molecule has 4 N–H and O–H groups in total. The summed E-state index contributed by atoms with van der Waals surface area (Å²) >= 11 is 0. The second-order valence-electron chi connectivity index (χ2n) is 4.21. The molecule has 100 valence electrons. The topological polar surface area (TPSA) is 74.2 Å². The van der Waals surface area contributed by atoms with Gasteiger partial charge in [0.25, 0.3) is 0 Å². The van der Waals surface area contributed by atoms with E-state index in [1.54, 1.807) is 24.4 Å². The molecule has 1 heterocycles. The van der Waals surface area contributed by atoms with Gasteiger partial charge < -0.3 is 16.2 Å². The van der Waals surface area contributed by atoms with Crippen LogP contribution in [-0.4, -0.2) is 12.1 Å². The van der Waals surface area contributed by atoms with Crippen LogP contribution in [0.25, 0.3) is 0 Å². The van der Waals surface area contributed by atoms with Crippen molar-refractivity contribution in [1.82, 2.24) is 4.98 Å². The molecule has 0 bridgehead atoms. The predicted octanol–water partition coefficient (Wildman–Crippen LogP) is 2.05. The Balaban J connectivity index is 2.30. The highest BCUT2D eigenvalue weighted by atomic mass is 19.1. The number of hydrogen-bond acceptors (Lipinski definition) is 4. The summed E-state index contributed by atoms with van der Waals surface area (Å²) < 4.78 is 19.0. The van der Waals surface area contributed by atoms with E-state index >= 15 is 0 Å². The minimum atomic E-state index is -0.539. The van der Waals surface area contributed by atoms with Crippen molar-refractivity contribution >= 4 is 5.82 Å². The number of pyridine rings is 1. The summed E-state index contributed by atoms with van der Waals surface area (Å²) in [6.45, 7) is 0. The van der Waals surface area contributed by atoms with Crippen LogP contribution in [0.5, 0.6) is 5.75 Å². The Morgan fingerprint density at radius 1 is 1.32 bits per heavy atom. The van der Waals surface area contributed by atoms with E-state index in [9.17, 15) is 4.39 Å². The second kappa shape index (κ2) is 5.67. The lowest BCUT2D eigenvalue weighted by atomic mass is 9.98. The third-order valence-electron chi connectivity index (χ3n) is 2.97. The summed E-state index contributed by atoms with van der Waals surface area (Å²) in [5, 5.41) is 0. The van der Waals surface area contributed by atoms with Crippen molar-refractivity contribution < 1.29 is 9.13 Å². The molecule has 0 fully saturated rings. The van der Waals surface area contributed by atoms with Crippen LogP contribution >= 0.6 is 0 Å². The maximum atomic E-state index is 13.9. The molecule has 2 aromatic rings. The number of halogens is 1. The van der Waals surface area contributed by atoms with E-state index in [1.165, 1.54) is 13.2 Å². The molecule has 1 atom stereocenters. The number of nitrogens with zero attached hydrogens (tertiary/aromatic N) is 1. The maximum absolute atomic E-state index is 13.9. The van der Waals surface area contributed by atoms with Gasteiger partial charge in [-0.3, -0.25) is 0 Å². The highest BCUT2D eigenvalue weighted by molar-refractivity contribution is 5.42. The monoisotopic (exact) mass is 261 g/mol. The number of nitrogens with two attached hydrogens (primary N) is 2. The number of hydrogen-bond donors (Lipinski definition) is 2. The van der Waals surface area contributed by atoms with Crippen LogP contribution in [0, 0.1) is 5.82 Å². The predicted molar refractivity (Wildman–Crippen MR) is 72.2 cm³/mol. The molecule has 0 aliphatic rings. The Kier molecular flexibility index (Phi) is 3.97. The molecular formula is C14H16FN3O. The lowest BCUT2D eigenvalue weighted by Gasteiger charge is -2.17. The van der Waals surface area contributed by atoms with Gasteiger partial charge in [-0.05, 0) is 30.2 Å². The first-order valence-corrected chi connectivity index (χ1v) is 5.91. The average molecular weight is 261 g/mol. The van der Waals surface area contributed by atoms with Gasteiger partial charge in [0.05, 0.1) is 7.11 Å². The van der Waals surface area contributed by atoms with Crippen molar-refractivity contribution in [1.29, 1.82) is 0 Å². The van der Waals surface area contributed by atoms with E-state index in [0.717, 1.165) is 5.56 Å². The Labute approximate surface area is 111 Å². The number of nitrogen functional groups attached to an aromatic ring is 1. The van der Waals surface area contributed by atoms with Gasteiger partial charge in [-0.1, -0.05) is 12.1 Å². The van der Waals surface area contributed by atoms with E-state index in [1.807, 2.05) is 6.07 Å². The molecular weight excluding hydrogens is 245 g/mol. The molecule has 1 aromatic carbocycles. The van der Waals surface area contributed by atoms with Gasteiger partial charge in [-0.2, -0.15) is 0 Å². The Bertz CT molecular complexity index is 574. The van der Waals surface area contributed by atoms with Crippen molar-refractivity contribution in [2.24, 2.45) is 5.73 Å². The lowest BCUT2D eigenvalue weighted by Crippen LogP contribution is -2.17. The first-order chi connectivity index (χ1) is 9.13. The van der Waals surface area contributed by atoms with Gasteiger partial charge >= 0.3 is 0 Å². The molecule has 0 amide bonds. The molecule has 4 nitrogen and oxygen atoms in total. The molecule has 0 saturated heterocycles. The van der Waals surface area contributed by atoms with Crippen molar-refractivity contribution in [3.05, 3.63) is 53.5 Å². The zero-order valence-corrected chi connectivity index (χ0v) is 10.6. The van der Waals surface area contributed by atoms with Crippen LogP contribution in [0.15, 0.2) is 36.5 Å². The van der Waals surface area contributed by atoms with Gasteiger partial charge in [-0.15, -0.1) is 0 Å². The fourth-order valence-corrected chi connectivity index (χ4v) is 2.02. The van der Waals surface area contributed by atoms with E-state index in [4.69, 9.17) is 16.2 Å². The van der Waals surface area contributed by atoms with E-state index in [-0.39, 0.29) is 5.82 Å². The molecule has 1 aromatic heterocycles. The molecule has 0 spiro atoms. The van der Waals surface area contributed by atoms with Crippen molar-refractivity contribution in [3.63, 3.8) is 0 Å². The van der Waals surface area contributed by atoms with Crippen molar-refractivity contribution in [3.8, 4) is 5.75 Å². The van der Waals surface area contributed by atoms with Gasteiger partial charge in [0.2, 0.25) is 0 Å². The number of benzene rings is 1. The smallest absolute Gasteiger partial charge is 0.131 e. The van der Waals surface area contributed by atoms with E-state index < -0.39 is 6.04 Å². The lowest BCUT2D eigenvalue weighted by molar-refractivity contribution is 0.399. The number of methoxy groups -OCH3 is 1. The molecule has 1 unspecified atom stereocenters. The molecule has 0 aliphatic carbocycles. The third kappa shape index (κ3) is 2.82. The first kappa shape index (κ1) is 13.3. The number of aromatic nitrogens is 1. The Hall–Kier alpha value is -2.14. The third-order valence-corrected chi connectivity index (χ3v) is 2.97. The fraction of sp³-hybridized carbons (Fsp3) is 0.214. The van der Waals surface area contributed by atoms with Gasteiger partial charge in [-0.25, -0.2) is 9.37 Å². The summed E-state index contributed by atoms with van der Waals surface area (Å²) in [6, 6.07) is 7.70. The zero-order valence-electron chi connectivity index (χ0n) is 10.6. The minimum Gasteiger partial charge on any atom is -0.496 e. The summed E-state index contributed by atoms with van der Waals surface area (Å²) in [5.74, 6) is 0.470. The molecule has 0 saturated carbocycles. The maximum Gasteiger partial charge on any atom is 0.131 e. The zero-order chi connectivity index (χ0) is 13.8. The summed E-state index contributed by atoms with van der Waals surface area (Å²) in [5.41, 5.74) is 13.0. The van der Waals surface area contributed by atoms with Crippen LogP contribution in [0.3, 0.4) is 0 Å². The second-order valence-corrected chi connectivity index (χ2v) is 4.21. The average Bonchev–Trinajstić information content (AvgIpc) is 2.40. The van der Waals surface area contributed by atoms with Gasteiger partial charge in [0, 0.05) is 17.8 Å². The molecule has 19 heavy (non-hydrogen) atoms. The quantitative estimate of drug-likeness (QED) is 0.883. The highest BCUT2D eigenvalue weighted by Crippen LogP contribution is 2.29. The minimum absolute atomic E-state index is 0.355. The summed E-state index contributed by atoms with van der Waals surface area (Å²) in [6.07, 6.45) is 2.00. The van der Waals surface area contributed by atoms with E-state index in [0.29, 0.717) is 23.6 Å². The summed E-state index contributed by atoms with van der Waals surface area (Å²) in [7, 11) is 1.49. The fourth-order valence-electron chi connectivity index (χ4n) is 2.02. The van der Waals surface area contributed by atoms with Gasteiger partial charge in [0.15, 0.2) is 0 Å². The van der Waals surface area contributed by atoms with Crippen LogP contribution < -0.4 is 16.2 Å². The molecule has 0 radical (unpaired) electrons. The Morgan fingerprint density at radius 3 is 2.79 bits per heavy atom. The largest absolute Gasteiger partial charge is 0.496 e. The van der Waals surface area contributed by atoms with E-state index in [2.05, 4.69) is 4.98 Å². The molecule has 5 heteroatoms. The van der Waals surface area contributed by atoms with Crippen LogP contribution in [0.4, 0.5) is 10.2 Å². The number of anilines is 1. The first-order valence-electron chi connectivity index (χ1n) is 5.91. The highest BCUT2D eigenvalue weighted by Gasteiger charge is 2.18. The van der Waals surface area contributed by atoms with Crippen LogP contribution in [0.2, 0.25) is 0 Å². The van der Waals surface area contributed by atoms with Gasteiger partial charge in [0.1, 0.15) is 17.4 Å². The number of ether oxygens (including phenoxy) is 1. The van der Waals surface area contributed by atoms with Crippen molar-refractivity contribution in [2.75, 3.05) is 12.8 Å². The van der Waals surface area contributed by atoms with Crippen LogP contribution in [0.1, 0.15) is 17.2 Å².